The third-order valence-electron chi connectivity index (χ3n) is 3.55. The first kappa shape index (κ1) is 13.3. The lowest BCUT2D eigenvalue weighted by Crippen LogP contribution is -2.27. The second-order valence-electron chi connectivity index (χ2n) is 5.11. The lowest BCUT2D eigenvalue weighted by molar-refractivity contribution is 0.0732. The van der Waals surface area contributed by atoms with Crippen molar-refractivity contribution >= 4 is 23.1 Å². The van der Waals surface area contributed by atoms with E-state index in [0.29, 0.717) is 11.9 Å². The number of aliphatic hydroxyl groups excluding tert-OH is 1. The number of hydrogen-bond acceptors (Lipinski definition) is 6. The highest BCUT2D eigenvalue weighted by Gasteiger charge is 2.30. The van der Waals surface area contributed by atoms with E-state index in [1.165, 1.54) is 4.88 Å². The van der Waals surface area contributed by atoms with Crippen molar-refractivity contribution in [3.05, 3.63) is 34.2 Å². The number of nitrogen functional groups attached to an aromatic ring is 1. The van der Waals surface area contributed by atoms with Gasteiger partial charge in [0.1, 0.15) is 5.82 Å². The zero-order chi connectivity index (χ0) is 13.9. The fraction of sp³-hybridized carbons (Fsp3) is 0.429. The molecular weight excluding hydrogens is 272 g/mol. The normalized spacial score (nSPS) is 21.4. The predicted molar refractivity (Wildman–Crippen MR) is 80.9 cm³/mol. The van der Waals surface area contributed by atoms with Crippen molar-refractivity contribution in [2.24, 2.45) is 0 Å². The van der Waals surface area contributed by atoms with Gasteiger partial charge in [-0.3, -0.25) is 0 Å². The highest BCUT2D eigenvalue weighted by molar-refractivity contribution is 7.09. The topological polar surface area (TPSA) is 84.1 Å². The van der Waals surface area contributed by atoms with E-state index in [2.05, 4.69) is 32.8 Å². The molecule has 6 heteroatoms. The minimum atomic E-state index is -0.188. The molecule has 0 amide bonds. The number of nitrogens with zero attached hydrogens (tertiary/aromatic N) is 2. The maximum Gasteiger partial charge on any atom is 0.222 e. The van der Waals surface area contributed by atoms with E-state index >= 15 is 0 Å². The second-order valence-corrected chi connectivity index (χ2v) is 6.15. The number of rotatable bonds is 5. The Balaban J connectivity index is 1.61. The smallest absolute Gasteiger partial charge is 0.222 e. The lowest BCUT2D eigenvalue weighted by Gasteiger charge is -2.30. The summed E-state index contributed by atoms with van der Waals surface area (Å²) in [7, 11) is 0. The van der Waals surface area contributed by atoms with Gasteiger partial charge in [0, 0.05) is 23.4 Å². The van der Waals surface area contributed by atoms with E-state index in [4.69, 9.17) is 5.73 Å². The lowest BCUT2D eigenvalue weighted by atomic mass is 9.80. The van der Waals surface area contributed by atoms with Crippen LogP contribution >= 0.6 is 11.3 Å². The van der Waals surface area contributed by atoms with Crippen LogP contribution in [0.4, 0.5) is 11.8 Å². The molecule has 2 aromatic heterocycles. The minimum absolute atomic E-state index is 0.188. The van der Waals surface area contributed by atoms with Crippen LogP contribution in [0.5, 0.6) is 0 Å². The van der Waals surface area contributed by atoms with Gasteiger partial charge in [0.25, 0.3) is 0 Å². The highest BCUT2D eigenvalue weighted by atomic mass is 32.1. The van der Waals surface area contributed by atoms with Crippen LogP contribution in [-0.2, 0) is 6.42 Å². The molecular formula is C14H18N4OS. The molecule has 1 saturated carbocycles. The molecule has 1 fully saturated rings. The van der Waals surface area contributed by atoms with Crippen LogP contribution in [0.25, 0.3) is 0 Å². The first-order valence-corrected chi connectivity index (χ1v) is 7.67. The molecule has 5 nitrogen and oxygen atoms in total. The van der Waals surface area contributed by atoms with Crippen molar-refractivity contribution in [2.75, 3.05) is 17.6 Å². The fourth-order valence-electron chi connectivity index (χ4n) is 2.38. The fourth-order valence-corrected chi connectivity index (χ4v) is 3.09. The average Bonchev–Trinajstić information content (AvgIpc) is 2.87. The zero-order valence-electron chi connectivity index (χ0n) is 11.1. The van der Waals surface area contributed by atoms with E-state index in [1.807, 2.05) is 6.07 Å². The van der Waals surface area contributed by atoms with Gasteiger partial charge < -0.3 is 16.2 Å². The van der Waals surface area contributed by atoms with Gasteiger partial charge in [-0.05, 0) is 30.7 Å². The summed E-state index contributed by atoms with van der Waals surface area (Å²) in [6.07, 6.45) is 2.32. The summed E-state index contributed by atoms with van der Waals surface area (Å²) in [4.78, 5) is 9.82. The van der Waals surface area contributed by atoms with Crippen molar-refractivity contribution in [1.29, 1.82) is 0 Å². The van der Waals surface area contributed by atoms with Crippen LogP contribution < -0.4 is 11.1 Å². The number of nitrogens with one attached hydrogen (secondary N) is 1. The number of aliphatic hydroxyl groups is 1. The molecule has 1 aliphatic carbocycles. The third kappa shape index (κ3) is 3.08. The second kappa shape index (κ2) is 5.76. The van der Waals surface area contributed by atoms with Gasteiger partial charge in [0.15, 0.2) is 0 Å². The number of hydrogen-bond donors (Lipinski definition) is 3. The standard InChI is InChI=1S/C14H18N4OS/c15-14-17-12(9-6-10(19)7-9)8-13(18-14)16-4-3-11-2-1-5-20-11/h1-2,5,8-10,19H,3-4,6-7H2,(H3,15,16,17,18). The number of anilines is 2. The maximum absolute atomic E-state index is 9.38. The van der Waals surface area contributed by atoms with Crippen molar-refractivity contribution in [3.8, 4) is 0 Å². The summed E-state index contributed by atoms with van der Waals surface area (Å²) in [6, 6.07) is 6.13. The third-order valence-corrected chi connectivity index (χ3v) is 4.49. The maximum atomic E-state index is 9.38. The minimum Gasteiger partial charge on any atom is -0.393 e. The molecule has 0 atom stereocenters. The summed E-state index contributed by atoms with van der Waals surface area (Å²) in [5.74, 6) is 1.38. The van der Waals surface area contributed by atoms with Crippen molar-refractivity contribution in [3.63, 3.8) is 0 Å². The molecule has 106 valence electrons. The molecule has 2 aromatic rings. The molecule has 2 heterocycles. The monoisotopic (exact) mass is 290 g/mol. The summed E-state index contributed by atoms with van der Waals surface area (Å²) in [5.41, 5.74) is 6.69. The van der Waals surface area contributed by atoms with E-state index < -0.39 is 0 Å². The average molecular weight is 290 g/mol. The van der Waals surface area contributed by atoms with Crippen molar-refractivity contribution < 1.29 is 5.11 Å². The van der Waals surface area contributed by atoms with E-state index in [9.17, 15) is 5.11 Å². The first-order valence-electron chi connectivity index (χ1n) is 6.79. The Hall–Kier alpha value is -1.66. The molecule has 0 unspecified atom stereocenters. The Labute approximate surface area is 121 Å². The highest BCUT2D eigenvalue weighted by Crippen LogP contribution is 2.36. The van der Waals surface area contributed by atoms with Gasteiger partial charge >= 0.3 is 0 Å². The molecule has 20 heavy (non-hydrogen) atoms. The summed E-state index contributed by atoms with van der Waals surface area (Å²) < 4.78 is 0. The molecule has 0 spiro atoms. The van der Waals surface area contributed by atoms with E-state index in [1.54, 1.807) is 11.3 Å². The van der Waals surface area contributed by atoms with Gasteiger partial charge in [0.2, 0.25) is 5.95 Å². The number of aromatic nitrogens is 2. The van der Waals surface area contributed by atoms with Gasteiger partial charge in [-0.25, -0.2) is 4.98 Å². The van der Waals surface area contributed by atoms with E-state index in [0.717, 1.165) is 37.3 Å². The van der Waals surface area contributed by atoms with Crippen LogP contribution in [0.1, 0.15) is 29.3 Å². The van der Waals surface area contributed by atoms with Gasteiger partial charge in [-0.2, -0.15) is 4.98 Å². The summed E-state index contributed by atoms with van der Waals surface area (Å²) >= 11 is 1.76. The molecule has 1 aliphatic rings. The Morgan fingerprint density at radius 2 is 2.25 bits per heavy atom. The van der Waals surface area contributed by atoms with Crippen LogP contribution in [0.15, 0.2) is 23.6 Å². The Morgan fingerprint density at radius 1 is 1.40 bits per heavy atom. The van der Waals surface area contributed by atoms with Crippen LogP contribution in [0.3, 0.4) is 0 Å². The number of thiophene rings is 1. The van der Waals surface area contributed by atoms with Crippen molar-refractivity contribution in [1.82, 2.24) is 9.97 Å². The van der Waals surface area contributed by atoms with Crippen LogP contribution in [0, 0.1) is 0 Å². The van der Waals surface area contributed by atoms with E-state index in [-0.39, 0.29) is 6.10 Å². The SMILES string of the molecule is Nc1nc(NCCc2cccs2)cc(C2CC(O)C2)n1. The Kier molecular flexibility index (Phi) is 3.84. The zero-order valence-corrected chi connectivity index (χ0v) is 11.9. The van der Waals surface area contributed by atoms with Gasteiger partial charge in [-0.1, -0.05) is 6.07 Å². The molecule has 3 rings (SSSR count). The quantitative estimate of drug-likeness (QED) is 0.784. The van der Waals surface area contributed by atoms with Crippen molar-refractivity contribution in [2.45, 2.75) is 31.3 Å². The largest absolute Gasteiger partial charge is 0.393 e. The molecule has 0 aromatic carbocycles. The van der Waals surface area contributed by atoms with Gasteiger partial charge in [0.05, 0.1) is 11.8 Å². The number of nitrogens with two attached hydrogens (primary N) is 1. The molecule has 0 aliphatic heterocycles. The Bertz CT molecular complexity index is 567. The summed E-state index contributed by atoms with van der Waals surface area (Å²) in [5, 5.41) is 14.7. The van der Waals surface area contributed by atoms with Crippen LogP contribution in [-0.4, -0.2) is 27.7 Å². The first-order chi connectivity index (χ1) is 9.70. The molecule has 4 N–H and O–H groups in total. The summed E-state index contributed by atoms with van der Waals surface area (Å²) in [6.45, 7) is 0.823. The molecule has 0 bridgehead atoms. The predicted octanol–water partition coefficient (Wildman–Crippen LogP) is 2.01. The molecule has 0 saturated heterocycles. The van der Waals surface area contributed by atoms with Gasteiger partial charge in [-0.15, -0.1) is 11.3 Å². The Morgan fingerprint density at radius 3 is 2.95 bits per heavy atom. The van der Waals surface area contributed by atoms with Crippen LogP contribution in [0.2, 0.25) is 0 Å². The molecule has 0 radical (unpaired) electrons.